The SMILES string of the molecule is COC(=O)[C@H](NC1Cc2ccccc2C1)[C@@H](C)O. The summed E-state index contributed by atoms with van der Waals surface area (Å²) in [5.74, 6) is -0.416. The number of carbonyl (C=O) groups excluding carboxylic acids is 1. The summed E-state index contributed by atoms with van der Waals surface area (Å²) < 4.78 is 4.70. The number of aliphatic hydroxyl groups is 1. The van der Waals surface area contributed by atoms with Crippen molar-refractivity contribution in [3.63, 3.8) is 0 Å². The van der Waals surface area contributed by atoms with Gasteiger partial charge in [-0.3, -0.25) is 10.1 Å². The zero-order valence-electron chi connectivity index (χ0n) is 10.7. The maximum absolute atomic E-state index is 11.6. The Bertz CT molecular complexity index is 406. The molecule has 2 rings (SSSR count). The van der Waals surface area contributed by atoms with Gasteiger partial charge in [0.1, 0.15) is 6.04 Å². The predicted octanol–water partition coefficient (Wildman–Crippen LogP) is 0.666. The Kier molecular flexibility index (Phi) is 3.99. The normalized spacial score (nSPS) is 18.2. The van der Waals surface area contributed by atoms with E-state index in [-0.39, 0.29) is 6.04 Å². The summed E-state index contributed by atoms with van der Waals surface area (Å²) in [6, 6.07) is 7.77. The Morgan fingerprint density at radius 3 is 2.39 bits per heavy atom. The fraction of sp³-hybridized carbons (Fsp3) is 0.500. The molecule has 0 spiro atoms. The van der Waals surface area contributed by atoms with Crippen molar-refractivity contribution in [2.45, 2.75) is 38.0 Å². The molecular weight excluding hydrogens is 230 g/mol. The van der Waals surface area contributed by atoms with Crippen molar-refractivity contribution in [1.29, 1.82) is 0 Å². The zero-order valence-corrected chi connectivity index (χ0v) is 10.7. The van der Waals surface area contributed by atoms with E-state index in [0.717, 1.165) is 12.8 Å². The quantitative estimate of drug-likeness (QED) is 0.770. The van der Waals surface area contributed by atoms with Gasteiger partial charge >= 0.3 is 5.97 Å². The number of aliphatic hydroxyl groups excluding tert-OH is 1. The van der Waals surface area contributed by atoms with Crippen LogP contribution in [0.15, 0.2) is 24.3 Å². The van der Waals surface area contributed by atoms with Gasteiger partial charge in [0.15, 0.2) is 0 Å². The minimum absolute atomic E-state index is 0.182. The van der Waals surface area contributed by atoms with Crippen LogP contribution in [0.25, 0.3) is 0 Å². The molecule has 4 heteroatoms. The molecule has 98 valence electrons. The average molecular weight is 249 g/mol. The zero-order chi connectivity index (χ0) is 13.1. The second-order valence-electron chi connectivity index (χ2n) is 4.78. The first-order valence-electron chi connectivity index (χ1n) is 6.20. The Morgan fingerprint density at radius 2 is 1.94 bits per heavy atom. The maximum Gasteiger partial charge on any atom is 0.325 e. The van der Waals surface area contributed by atoms with Gasteiger partial charge in [0.05, 0.1) is 13.2 Å². The van der Waals surface area contributed by atoms with Crippen molar-refractivity contribution in [2.24, 2.45) is 0 Å². The summed E-state index contributed by atoms with van der Waals surface area (Å²) >= 11 is 0. The Morgan fingerprint density at radius 1 is 1.39 bits per heavy atom. The third-order valence-corrected chi connectivity index (χ3v) is 3.40. The molecule has 2 N–H and O–H groups in total. The Labute approximate surface area is 107 Å². The van der Waals surface area contributed by atoms with E-state index >= 15 is 0 Å². The molecule has 0 radical (unpaired) electrons. The summed E-state index contributed by atoms with van der Waals surface area (Å²) in [6.07, 6.45) is 1.01. The molecule has 1 aliphatic carbocycles. The molecule has 0 heterocycles. The van der Waals surface area contributed by atoms with E-state index in [2.05, 4.69) is 17.4 Å². The van der Waals surface area contributed by atoms with Gasteiger partial charge in [-0.05, 0) is 30.9 Å². The minimum atomic E-state index is -0.763. The molecule has 1 aliphatic rings. The van der Waals surface area contributed by atoms with Crippen LogP contribution < -0.4 is 5.32 Å². The van der Waals surface area contributed by atoms with Crippen LogP contribution in [0.3, 0.4) is 0 Å². The third-order valence-electron chi connectivity index (χ3n) is 3.40. The summed E-state index contributed by atoms with van der Waals surface area (Å²) in [5.41, 5.74) is 2.62. The number of benzene rings is 1. The van der Waals surface area contributed by atoms with Crippen molar-refractivity contribution in [3.05, 3.63) is 35.4 Å². The molecule has 4 nitrogen and oxygen atoms in total. The number of esters is 1. The predicted molar refractivity (Wildman–Crippen MR) is 68.3 cm³/mol. The standard InChI is InChI=1S/C14H19NO3/c1-9(16)13(14(17)18-2)15-12-7-10-5-3-4-6-11(10)8-12/h3-6,9,12-13,15-16H,7-8H2,1-2H3/t9-,13-/m1/s1. The second-order valence-corrected chi connectivity index (χ2v) is 4.78. The van der Waals surface area contributed by atoms with E-state index in [0.29, 0.717) is 0 Å². The van der Waals surface area contributed by atoms with E-state index in [9.17, 15) is 9.90 Å². The summed E-state index contributed by atoms with van der Waals surface area (Å²) in [6.45, 7) is 1.59. The summed E-state index contributed by atoms with van der Waals surface area (Å²) in [5, 5.41) is 12.8. The van der Waals surface area contributed by atoms with Gasteiger partial charge in [0.2, 0.25) is 0 Å². The van der Waals surface area contributed by atoms with Crippen molar-refractivity contribution in [1.82, 2.24) is 5.32 Å². The van der Waals surface area contributed by atoms with E-state index in [4.69, 9.17) is 4.74 Å². The van der Waals surface area contributed by atoms with E-state index in [1.165, 1.54) is 18.2 Å². The van der Waals surface area contributed by atoms with E-state index in [1.807, 2.05) is 12.1 Å². The van der Waals surface area contributed by atoms with Gasteiger partial charge in [-0.15, -0.1) is 0 Å². The highest BCUT2D eigenvalue weighted by atomic mass is 16.5. The van der Waals surface area contributed by atoms with Crippen molar-refractivity contribution < 1.29 is 14.6 Å². The van der Waals surface area contributed by atoms with Gasteiger partial charge in [-0.25, -0.2) is 0 Å². The highest BCUT2D eigenvalue weighted by molar-refractivity contribution is 5.76. The van der Waals surface area contributed by atoms with Crippen LogP contribution in [0.1, 0.15) is 18.1 Å². The number of nitrogens with one attached hydrogen (secondary N) is 1. The van der Waals surface area contributed by atoms with Crippen molar-refractivity contribution in [2.75, 3.05) is 7.11 Å². The topological polar surface area (TPSA) is 58.6 Å². The number of rotatable bonds is 4. The molecule has 2 atom stereocenters. The van der Waals surface area contributed by atoms with Crippen LogP contribution in [-0.2, 0) is 22.4 Å². The third kappa shape index (κ3) is 2.71. The molecule has 0 amide bonds. The number of fused-ring (bicyclic) bond motifs is 1. The van der Waals surface area contributed by atoms with Gasteiger partial charge < -0.3 is 9.84 Å². The molecule has 0 saturated carbocycles. The first kappa shape index (κ1) is 13.1. The lowest BCUT2D eigenvalue weighted by Gasteiger charge is -2.23. The molecule has 1 aromatic carbocycles. The lowest BCUT2D eigenvalue weighted by Crippen LogP contribution is -2.50. The van der Waals surface area contributed by atoms with Gasteiger partial charge in [-0.1, -0.05) is 24.3 Å². The lowest BCUT2D eigenvalue weighted by atomic mass is 10.1. The molecule has 0 unspecified atom stereocenters. The minimum Gasteiger partial charge on any atom is -0.468 e. The molecule has 0 fully saturated rings. The van der Waals surface area contributed by atoms with Crippen LogP contribution in [-0.4, -0.2) is 36.4 Å². The fourth-order valence-corrected chi connectivity index (χ4v) is 2.46. The highest BCUT2D eigenvalue weighted by Gasteiger charge is 2.30. The van der Waals surface area contributed by atoms with Crippen molar-refractivity contribution in [3.8, 4) is 0 Å². The molecule has 0 bridgehead atoms. The van der Waals surface area contributed by atoms with Gasteiger partial charge in [0.25, 0.3) is 0 Å². The molecule has 18 heavy (non-hydrogen) atoms. The number of carbonyl (C=O) groups is 1. The molecule has 0 aliphatic heterocycles. The summed E-state index contributed by atoms with van der Waals surface area (Å²) in [4.78, 5) is 11.6. The smallest absolute Gasteiger partial charge is 0.325 e. The Hall–Kier alpha value is -1.39. The van der Waals surface area contributed by atoms with E-state index in [1.54, 1.807) is 6.92 Å². The fourth-order valence-electron chi connectivity index (χ4n) is 2.46. The number of hydrogen-bond donors (Lipinski definition) is 2. The maximum atomic E-state index is 11.6. The largest absolute Gasteiger partial charge is 0.468 e. The van der Waals surface area contributed by atoms with Gasteiger partial charge in [-0.2, -0.15) is 0 Å². The van der Waals surface area contributed by atoms with Crippen LogP contribution in [0, 0.1) is 0 Å². The van der Waals surface area contributed by atoms with Crippen LogP contribution >= 0.6 is 0 Å². The molecule has 1 aromatic rings. The number of hydrogen-bond acceptors (Lipinski definition) is 4. The van der Waals surface area contributed by atoms with Crippen LogP contribution in [0.5, 0.6) is 0 Å². The van der Waals surface area contributed by atoms with Crippen LogP contribution in [0.2, 0.25) is 0 Å². The monoisotopic (exact) mass is 249 g/mol. The highest BCUT2D eigenvalue weighted by Crippen LogP contribution is 2.22. The molecule has 0 aromatic heterocycles. The van der Waals surface area contributed by atoms with E-state index < -0.39 is 18.1 Å². The van der Waals surface area contributed by atoms with Crippen LogP contribution in [0.4, 0.5) is 0 Å². The first-order chi connectivity index (χ1) is 8.61. The number of methoxy groups -OCH3 is 1. The Balaban J connectivity index is 2.01. The number of ether oxygens (including phenoxy) is 1. The average Bonchev–Trinajstić information content (AvgIpc) is 2.77. The van der Waals surface area contributed by atoms with Crippen molar-refractivity contribution >= 4 is 5.97 Å². The molecular formula is C14H19NO3. The summed E-state index contributed by atoms with van der Waals surface area (Å²) in [7, 11) is 1.34. The molecule has 0 saturated heterocycles. The lowest BCUT2D eigenvalue weighted by molar-refractivity contribution is -0.146. The first-order valence-corrected chi connectivity index (χ1v) is 6.20. The second kappa shape index (κ2) is 5.50. The van der Waals surface area contributed by atoms with Gasteiger partial charge in [0, 0.05) is 6.04 Å².